The Hall–Kier alpha value is -1.61. The molecule has 0 aliphatic rings. The summed E-state index contributed by atoms with van der Waals surface area (Å²) in [6.07, 6.45) is 9.18. The van der Waals surface area contributed by atoms with E-state index in [1.165, 1.54) is 11.1 Å². The zero-order valence-corrected chi connectivity index (χ0v) is 11.1. The molecule has 0 aromatic carbocycles. The van der Waals surface area contributed by atoms with E-state index in [9.17, 15) is 0 Å². The van der Waals surface area contributed by atoms with E-state index >= 15 is 0 Å². The molecule has 96 valence electrons. The standard InChI is InChI=1S/C15H21N3/c1-3-15(17-4-2)14-7-10-18(12-14)11-13-5-8-16-9-6-13/h5-10,12,15,17H,3-4,11H2,1-2H3. The van der Waals surface area contributed by atoms with E-state index in [-0.39, 0.29) is 0 Å². The predicted octanol–water partition coefficient (Wildman–Crippen LogP) is 2.99. The molecule has 0 spiro atoms. The zero-order valence-electron chi connectivity index (χ0n) is 11.1. The van der Waals surface area contributed by atoms with Crippen molar-refractivity contribution in [1.29, 1.82) is 0 Å². The summed E-state index contributed by atoms with van der Waals surface area (Å²) < 4.78 is 2.23. The van der Waals surface area contributed by atoms with Crippen molar-refractivity contribution >= 4 is 0 Å². The molecule has 1 unspecified atom stereocenters. The Kier molecular flexibility index (Phi) is 4.53. The van der Waals surface area contributed by atoms with Gasteiger partial charge in [0.15, 0.2) is 0 Å². The van der Waals surface area contributed by atoms with Crippen molar-refractivity contribution in [3.63, 3.8) is 0 Å². The molecule has 2 aromatic rings. The van der Waals surface area contributed by atoms with Crippen LogP contribution < -0.4 is 5.32 Å². The number of hydrogen-bond donors (Lipinski definition) is 1. The fourth-order valence-corrected chi connectivity index (χ4v) is 2.21. The van der Waals surface area contributed by atoms with Gasteiger partial charge < -0.3 is 9.88 Å². The van der Waals surface area contributed by atoms with Crippen LogP contribution in [0.2, 0.25) is 0 Å². The molecule has 0 aliphatic carbocycles. The SMILES string of the molecule is CCNC(CC)c1ccn(Cc2ccncc2)c1. The van der Waals surface area contributed by atoms with Gasteiger partial charge in [-0.3, -0.25) is 4.98 Å². The minimum Gasteiger partial charge on any atom is -0.350 e. The molecule has 0 aliphatic heterocycles. The second-order valence-electron chi connectivity index (χ2n) is 4.49. The molecule has 2 rings (SSSR count). The minimum atomic E-state index is 0.466. The molecule has 0 bridgehead atoms. The topological polar surface area (TPSA) is 29.9 Å². The number of hydrogen-bond acceptors (Lipinski definition) is 2. The van der Waals surface area contributed by atoms with E-state index < -0.39 is 0 Å². The molecule has 0 fully saturated rings. The Morgan fingerprint density at radius 3 is 2.67 bits per heavy atom. The van der Waals surface area contributed by atoms with Crippen molar-refractivity contribution in [1.82, 2.24) is 14.9 Å². The van der Waals surface area contributed by atoms with Crippen LogP contribution in [0.1, 0.15) is 37.4 Å². The molecular formula is C15H21N3. The summed E-state index contributed by atoms with van der Waals surface area (Å²) in [6, 6.07) is 6.79. The minimum absolute atomic E-state index is 0.466. The van der Waals surface area contributed by atoms with E-state index in [0.29, 0.717) is 6.04 Å². The van der Waals surface area contributed by atoms with Gasteiger partial charge in [-0.15, -0.1) is 0 Å². The van der Waals surface area contributed by atoms with Gasteiger partial charge in [-0.25, -0.2) is 0 Å². The molecule has 3 nitrogen and oxygen atoms in total. The van der Waals surface area contributed by atoms with Crippen LogP contribution in [0.15, 0.2) is 43.0 Å². The predicted molar refractivity (Wildman–Crippen MR) is 74.5 cm³/mol. The molecule has 2 aromatic heterocycles. The number of pyridine rings is 1. The van der Waals surface area contributed by atoms with E-state index in [1.807, 2.05) is 12.4 Å². The highest BCUT2D eigenvalue weighted by molar-refractivity contribution is 5.18. The molecule has 0 saturated heterocycles. The lowest BCUT2D eigenvalue weighted by Crippen LogP contribution is -2.19. The molecular weight excluding hydrogens is 222 g/mol. The maximum atomic E-state index is 4.04. The lowest BCUT2D eigenvalue weighted by atomic mass is 10.1. The molecule has 3 heteroatoms. The van der Waals surface area contributed by atoms with Crippen LogP contribution in [0.25, 0.3) is 0 Å². The molecule has 0 amide bonds. The summed E-state index contributed by atoms with van der Waals surface area (Å²) in [5.41, 5.74) is 2.65. The molecule has 0 radical (unpaired) electrons. The molecule has 2 heterocycles. The maximum Gasteiger partial charge on any atom is 0.0471 e. The third kappa shape index (κ3) is 3.20. The van der Waals surface area contributed by atoms with Crippen LogP contribution in [0.3, 0.4) is 0 Å². The average molecular weight is 243 g/mol. The van der Waals surface area contributed by atoms with Crippen LogP contribution in [0.4, 0.5) is 0 Å². The monoisotopic (exact) mass is 243 g/mol. The second-order valence-corrected chi connectivity index (χ2v) is 4.49. The highest BCUT2D eigenvalue weighted by Crippen LogP contribution is 2.17. The van der Waals surface area contributed by atoms with E-state index in [0.717, 1.165) is 19.5 Å². The van der Waals surface area contributed by atoms with Crippen LogP contribution in [-0.4, -0.2) is 16.1 Å². The molecule has 0 saturated carbocycles. The van der Waals surface area contributed by atoms with Gasteiger partial charge in [0.05, 0.1) is 0 Å². The normalized spacial score (nSPS) is 12.6. The summed E-state index contributed by atoms with van der Waals surface area (Å²) >= 11 is 0. The Morgan fingerprint density at radius 2 is 2.00 bits per heavy atom. The van der Waals surface area contributed by atoms with Crippen molar-refractivity contribution in [2.24, 2.45) is 0 Å². The van der Waals surface area contributed by atoms with Gasteiger partial charge in [0, 0.05) is 37.4 Å². The van der Waals surface area contributed by atoms with Gasteiger partial charge in [-0.2, -0.15) is 0 Å². The first-order valence-electron chi connectivity index (χ1n) is 6.61. The Balaban J connectivity index is 2.06. The largest absolute Gasteiger partial charge is 0.350 e. The van der Waals surface area contributed by atoms with Crippen LogP contribution in [0, 0.1) is 0 Å². The van der Waals surface area contributed by atoms with Crippen molar-refractivity contribution < 1.29 is 0 Å². The van der Waals surface area contributed by atoms with Crippen LogP contribution >= 0.6 is 0 Å². The second kappa shape index (κ2) is 6.36. The smallest absolute Gasteiger partial charge is 0.0471 e. The van der Waals surface area contributed by atoms with E-state index in [2.05, 4.69) is 59.3 Å². The maximum absolute atomic E-state index is 4.04. The van der Waals surface area contributed by atoms with Gasteiger partial charge in [-0.1, -0.05) is 13.8 Å². The number of aromatic nitrogens is 2. The summed E-state index contributed by atoms with van der Waals surface area (Å²) in [6.45, 7) is 6.28. The van der Waals surface area contributed by atoms with E-state index in [1.54, 1.807) is 0 Å². The average Bonchev–Trinajstić information content (AvgIpc) is 2.85. The number of nitrogens with zero attached hydrogens (tertiary/aromatic N) is 2. The third-order valence-electron chi connectivity index (χ3n) is 3.15. The summed E-state index contributed by atoms with van der Waals surface area (Å²) in [5.74, 6) is 0. The lowest BCUT2D eigenvalue weighted by molar-refractivity contribution is 0.536. The number of rotatable bonds is 6. The van der Waals surface area contributed by atoms with Crippen molar-refractivity contribution in [3.8, 4) is 0 Å². The third-order valence-corrected chi connectivity index (χ3v) is 3.15. The van der Waals surface area contributed by atoms with Gasteiger partial charge in [-0.05, 0) is 42.3 Å². The van der Waals surface area contributed by atoms with E-state index in [4.69, 9.17) is 0 Å². The first kappa shape index (κ1) is 12.8. The van der Waals surface area contributed by atoms with Gasteiger partial charge >= 0.3 is 0 Å². The highest BCUT2D eigenvalue weighted by atomic mass is 15.0. The van der Waals surface area contributed by atoms with Gasteiger partial charge in [0.2, 0.25) is 0 Å². The molecule has 1 atom stereocenters. The fraction of sp³-hybridized carbons (Fsp3) is 0.400. The first-order chi connectivity index (χ1) is 8.83. The van der Waals surface area contributed by atoms with Crippen molar-refractivity contribution in [2.45, 2.75) is 32.9 Å². The highest BCUT2D eigenvalue weighted by Gasteiger charge is 2.08. The lowest BCUT2D eigenvalue weighted by Gasteiger charge is -2.13. The Bertz CT molecular complexity index is 462. The first-order valence-corrected chi connectivity index (χ1v) is 6.61. The fourth-order valence-electron chi connectivity index (χ4n) is 2.21. The van der Waals surface area contributed by atoms with Gasteiger partial charge in [0.25, 0.3) is 0 Å². The molecule has 18 heavy (non-hydrogen) atoms. The quantitative estimate of drug-likeness (QED) is 0.845. The number of nitrogens with one attached hydrogen (secondary N) is 1. The Morgan fingerprint density at radius 1 is 1.22 bits per heavy atom. The van der Waals surface area contributed by atoms with Crippen molar-refractivity contribution in [2.75, 3.05) is 6.54 Å². The van der Waals surface area contributed by atoms with Crippen LogP contribution in [0.5, 0.6) is 0 Å². The Labute approximate surface area is 109 Å². The summed E-state index contributed by atoms with van der Waals surface area (Å²) in [5, 5.41) is 3.50. The summed E-state index contributed by atoms with van der Waals surface area (Å²) in [7, 11) is 0. The van der Waals surface area contributed by atoms with Gasteiger partial charge in [0.1, 0.15) is 0 Å². The zero-order chi connectivity index (χ0) is 12.8. The van der Waals surface area contributed by atoms with Crippen molar-refractivity contribution in [3.05, 3.63) is 54.1 Å². The summed E-state index contributed by atoms with van der Waals surface area (Å²) in [4.78, 5) is 4.04. The van der Waals surface area contributed by atoms with Crippen LogP contribution in [-0.2, 0) is 6.54 Å². The molecule has 1 N–H and O–H groups in total.